The van der Waals surface area contributed by atoms with Crippen LogP contribution < -0.4 is 0 Å². The molecular formula is C34H21N5. The van der Waals surface area contributed by atoms with Gasteiger partial charge in [0.1, 0.15) is 11.3 Å². The fraction of sp³-hybridized carbons (Fsp3) is 0. The zero-order valence-electron chi connectivity index (χ0n) is 20.9. The maximum Gasteiger partial charge on any atom is 0.138 e. The van der Waals surface area contributed by atoms with E-state index >= 15 is 0 Å². The van der Waals surface area contributed by atoms with Crippen LogP contribution in [0.4, 0.5) is 0 Å². The van der Waals surface area contributed by atoms with Crippen LogP contribution in [0.5, 0.6) is 0 Å². The fourth-order valence-corrected chi connectivity index (χ4v) is 5.47. The van der Waals surface area contributed by atoms with Crippen molar-refractivity contribution >= 4 is 38.2 Å². The smallest absolute Gasteiger partial charge is 0.138 e. The molecule has 5 heteroatoms. The van der Waals surface area contributed by atoms with Crippen molar-refractivity contribution in [1.29, 1.82) is 0 Å². The highest BCUT2D eigenvalue weighted by molar-refractivity contribution is 6.05. The summed E-state index contributed by atoms with van der Waals surface area (Å²) < 4.78 is 2.15. The predicted octanol–water partition coefficient (Wildman–Crippen LogP) is 7.98. The Balaban J connectivity index is 1.44. The van der Waals surface area contributed by atoms with Crippen LogP contribution in [0.1, 0.15) is 0 Å². The number of hydrogen-bond donors (Lipinski definition) is 0. The Bertz CT molecular complexity index is 2180. The zero-order valence-corrected chi connectivity index (χ0v) is 20.9. The molecule has 8 rings (SSSR count). The monoisotopic (exact) mass is 499 g/mol. The number of imidazole rings is 1. The molecule has 5 heterocycles. The molecule has 0 bridgehead atoms. The maximum absolute atomic E-state index is 5.15. The number of hydrogen-bond acceptors (Lipinski definition) is 4. The molecule has 0 aliphatic rings. The lowest BCUT2D eigenvalue weighted by Crippen LogP contribution is -1.94. The van der Waals surface area contributed by atoms with Gasteiger partial charge in [-0.3, -0.25) is 14.4 Å². The van der Waals surface area contributed by atoms with Crippen LogP contribution in [0.3, 0.4) is 0 Å². The number of aromatic nitrogens is 5. The normalized spacial score (nSPS) is 11.6. The van der Waals surface area contributed by atoms with Gasteiger partial charge in [0.25, 0.3) is 0 Å². The summed E-state index contributed by atoms with van der Waals surface area (Å²) in [4.78, 5) is 19.5. The first-order valence-electron chi connectivity index (χ1n) is 12.9. The summed E-state index contributed by atoms with van der Waals surface area (Å²) >= 11 is 0. The van der Waals surface area contributed by atoms with Gasteiger partial charge in [-0.2, -0.15) is 0 Å². The molecule has 39 heavy (non-hydrogen) atoms. The third kappa shape index (κ3) is 3.48. The van der Waals surface area contributed by atoms with Gasteiger partial charge in [0.15, 0.2) is 0 Å². The molecule has 0 saturated heterocycles. The third-order valence-corrected chi connectivity index (χ3v) is 7.28. The molecule has 0 aliphatic carbocycles. The summed E-state index contributed by atoms with van der Waals surface area (Å²) in [6.07, 6.45) is 5.71. The SMILES string of the molecule is c1ccc(-c2nc3ccccn3c2-c2cc(-c3ccc4ccc5cccnc5c4n3)cc3ccccc23)nc1. The second-order valence-corrected chi connectivity index (χ2v) is 9.61. The van der Waals surface area contributed by atoms with Crippen molar-refractivity contribution in [2.24, 2.45) is 0 Å². The van der Waals surface area contributed by atoms with Gasteiger partial charge < -0.3 is 0 Å². The summed E-state index contributed by atoms with van der Waals surface area (Å²) in [7, 11) is 0. The number of nitrogens with zero attached hydrogens (tertiary/aromatic N) is 5. The predicted molar refractivity (Wildman–Crippen MR) is 157 cm³/mol. The van der Waals surface area contributed by atoms with E-state index in [0.717, 1.165) is 72.1 Å². The molecule has 0 radical (unpaired) electrons. The molecular weight excluding hydrogens is 478 g/mol. The molecule has 5 nitrogen and oxygen atoms in total. The first kappa shape index (κ1) is 21.6. The molecule has 0 aliphatic heterocycles. The van der Waals surface area contributed by atoms with Crippen LogP contribution in [0, 0.1) is 0 Å². The Morgan fingerprint density at radius 2 is 1.33 bits per heavy atom. The number of pyridine rings is 4. The van der Waals surface area contributed by atoms with E-state index in [2.05, 4.69) is 87.3 Å². The average Bonchev–Trinajstić information content (AvgIpc) is 3.40. The highest BCUT2D eigenvalue weighted by Crippen LogP contribution is 2.39. The maximum atomic E-state index is 5.15. The van der Waals surface area contributed by atoms with Gasteiger partial charge in [-0.25, -0.2) is 9.97 Å². The lowest BCUT2D eigenvalue weighted by molar-refractivity contribution is 1.19. The van der Waals surface area contributed by atoms with Gasteiger partial charge in [0, 0.05) is 40.5 Å². The van der Waals surface area contributed by atoms with Crippen molar-refractivity contribution in [2.45, 2.75) is 0 Å². The molecule has 0 spiro atoms. The van der Waals surface area contributed by atoms with E-state index in [1.54, 1.807) is 0 Å². The molecule has 5 aromatic heterocycles. The van der Waals surface area contributed by atoms with Gasteiger partial charge in [-0.15, -0.1) is 0 Å². The van der Waals surface area contributed by atoms with Crippen LogP contribution in [-0.2, 0) is 0 Å². The van der Waals surface area contributed by atoms with E-state index in [1.165, 1.54) is 0 Å². The van der Waals surface area contributed by atoms with Crippen LogP contribution in [0.15, 0.2) is 128 Å². The first-order valence-corrected chi connectivity index (χ1v) is 12.9. The van der Waals surface area contributed by atoms with E-state index in [0.29, 0.717) is 0 Å². The fourth-order valence-electron chi connectivity index (χ4n) is 5.47. The van der Waals surface area contributed by atoms with Crippen LogP contribution in [0.2, 0.25) is 0 Å². The Kier molecular flexibility index (Phi) is 4.76. The Hall–Kier alpha value is -5.42. The van der Waals surface area contributed by atoms with Gasteiger partial charge in [0.2, 0.25) is 0 Å². The Labute approximate surface area is 224 Å². The molecule has 0 fully saturated rings. The molecule has 3 aromatic carbocycles. The third-order valence-electron chi connectivity index (χ3n) is 7.28. The van der Waals surface area contributed by atoms with E-state index in [-0.39, 0.29) is 0 Å². The van der Waals surface area contributed by atoms with Crippen LogP contribution in [0.25, 0.3) is 72.1 Å². The second kappa shape index (κ2) is 8.57. The van der Waals surface area contributed by atoms with Crippen molar-refractivity contribution in [3.8, 4) is 33.9 Å². The summed E-state index contributed by atoms with van der Waals surface area (Å²) in [5.74, 6) is 0. The minimum Gasteiger partial charge on any atom is -0.299 e. The van der Waals surface area contributed by atoms with Gasteiger partial charge in [-0.1, -0.05) is 60.7 Å². The molecule has 8 aromatic rings. The van der Waals surface area contributed by atoms with Crippen molar-refractivity contribution in [1.82, 2.24) is 24.3 Å². The molecule has 0 amide bonds. The van der Waals surface area contributed by atoms with Gasteiger partial charge in [-0.05, 0) is 59.3 Å². The zero-order chi connectivity index (χ0) is 25.8. The molecule has 182 valence electrons. The molecule has 0 unspecified atom stereocenters. The van der Waals surface area contributed by atoms with Crippen LogP contribution in [-0.4, -0.2) is 24.3 Å². The average molecular weight is 500 g/mol. The quantitative estimate of drug-likeness (QED) is 0.231. The molecule has 0 atom stereocenters. The minimum atomic E-state index is 0.840. The Morgan fingerprint density at radius 1 is 0.538 bits per heavy atom. The molecule has 0 N–H and O–H groups in total. The van der Waals surface area contributed by atoms with Gasteiger partial charge in [0.05, 0.1) is 28.1 Å². The standard InChI is InChI=1S/C34H21N5/c1-2-10-26-24(8-1)20-25(28-16-15-23-14-13-22-9-7-18-36-31(22)32(23)37-28)21-27(26)34-33(29-11-3-5-17-35-29)38-30-12-4-6-19-39(30)34/h1-21H. The van der Waals surface area contributed by atoms with Crippen molar-refractivity contribution < 1.29 is 0 Å². The van der Waals surface area contributed by atoms with Crippen molar-refractivity contribution in [3.05, 3.63) is 128 Å². The summed E-state index contributed by atoms with van der Waals surface area (Å²) in [5, 5.41) is 4.45. The van der Waals surface area contributed by atoms with Crippen LogP contribution >= 0.6 is 0 Å². The topological polar surface area (TPSA) is 56.0 Å². The highest BCUT2D eigenvalue weighted by Gasteiger charge is 2.20. The lowest BCUT2D eigenvalue weighted by atomic mass is 9.95. The van der Waals surface area contributed by atoms with E-state index in [1.807, 2.05) is 54.9 Å². The highest BCUT2D eigenvalue weighted by atomic mass is 15.0. The second-order valence-electron chi connectivity index (χ2n) is 9.61. The van der Waals surface area contributed by atoms with Crippen molar-refractivity contribution in [3.63, 3.8) is 0 Å². The van der Waals surface area contributed by atoms with Crippen molar-refractivity contribution in [2.75, 3.05) is 0 Å². The largest absolute Gasteiger partial charge is 0.299 e. The van der Waals surface area contributed by atoms with E-state index in [9.17, 15) is 0 Å². The summed E-state index contributed by atoms with van der Waals surface area (Å²) in [6, 6.07) is 37.5. The number of rotatable bonds is 3. The number of fused-ring (bicyclic) bond motifs is 5. The van der Waals surface area contributed by atoms with Gasteiger partial charge >= 0.3 is 0 Å². The molecule has 0 saturated carbocycles. The first-order chi connectivity index (χ1) is 19.3. The number of benzene rings is 3. The lowest BCUT2D eigenvalue weighted by Gasteiger charge is -2.13. The Morgan fingerprint density at radius 3 is 2.26 bits per heavy atom. The summed E-state index contributed by atoms with van der Waals surface area (Å²) in [6.45, 7) is 0. The van der Waals surface area contributed by atoms with E-state index < -0.39 is 0 Å². The summed E-state index contributed by atoms with van der Waals surface area (Å²) in [5.41, 5.74) is 8.43. The minimum absolute atomic E-state index is 0.840. The van der Waals surface area contributed by atoms with E-state index in [4.69, 9.17) is 9.97 Å².